The van der Waals surface area contributed by atoms with Crippen molar-refractivity contribution in [1.82, 2.24) is 9.55 Å². The smallest absolute Gasteiger partial charge is 0.325 e. The first-order valence-corrected chi connectivity index (χ1v) is 11.4. The third-order valence-corrected chi connectivity index (χ3v) is 6.90. The minimum Gasteiger partial charge on any atom is -0.325 e. The van der Waals surface area contributed by atoms with Crippen LogP contribution in [0.1, 0.15) is 35.9 Å². The Hall–Kier alpha value is -2.04. The van der Waals surface area contributed by atoms with E-state index >= 15 is 0 Å². The van der Waals surface area contributed by atoms with Gasteiger partial charge in [0.2, 0.25) is 5.91 Å². The fourth-order valence-electron chi connectivity index (χ4n) is 3.02. The van der Waals surface area contributed by atoms with Gasteiger partial charge in [-0.15, -0.1) is 11.3 Å². The number of nitrogens with one attached hydrogen (secondary N) is 1. The van der Waals surface area contributed by atoms with Gasteiger partial charge in [0.15, 0.2) is 5.16 Å². The van der Waals surface area contributed by atoms with E-state index < -0.39 is 17.6 Å². The molecular weight excluding hydrogens is 471 g/mol. The number of hydrogen-bond acceptors (Lipinski definition) is 5. The molecule has 3 aromatic rings. The summed E-state index contributed by atoms with van der Waals surface area (Å²) in [6, 6.07) is 2.94. The second kappa shape index (κ2) is 8.84. The normalized spacial score (nSPS) is 12.0. The van der Waals surface area contributed by atoms with E-state index in [4.69, 9.17) is 11.6 Å². The monoisotopic (exact) mass is 489 g/mol. The standard InChI is InChI=1S/C20H19ClF3N3O2S2/c1-9(2)27-18(29)16-10(3)11(4)31-17(16)26-19(27)30-8-15(28)25-14-6-5-12(21)7-13(14)20(22,23)24/h5-7,9H,8H2,1-4H3,(H,25,28). The molecule has 0 saturated carbocycles. The third-order valence-electron chi connectivity index (χ3n) is 4.61. The van der Waals surface area contributed by atoms with Crippen molar-refractivity contribution < 1.29 is 18.0 Å². The summed E-state index contributed by atoms with van der Waals surface area (Å²) in [6.45, 7) is 7.44. The maximum atomic E-state index is 13.2. The number of fused-ring (bicyclic) bond motifs is 1. The Bertz CT molecular complexity index is 1220. The fourth-order valence-corrected chi connectivity index (χ4v) is 5.19. The Balaban J connectivity index is 1.87. The topological polar surface area (TPSA) is 64.0 Å². The molecule has 0 unspecified atom stereocenters. The van der Waals surface area contributed by atoms with E-state index in [1.54, 1.807) is 0 Å². The molecule has 3 rings (SSSR count). The van der Waals surface area contributed by atoms with Crippen LogP contribution >= 0.6 is 34.7 Å². The quantitative estimate of drug-likeness (QED) is 0.349. The second-order valence-electron chi connectivity index (χ2n) is 7.15. The number of aryl methyl sites for hydroxylation is 2. The lowest BCUT2D eigenvalue weighted by Crippen LogP contribution is -2.25. The van der Waals surface area contributed by atoms with E-state index in [0.717, 1.165) is 34.3 Å². The molecule has 0 aliphatic heterocycles. The second-order valence-corrected chi connectivity index (χ2v) is 9.73. The van der Waals surface area contributed by atoms with Gasteiger partial charge in [-0.05, 0) is 51.5 Å². The van der Waals surface area contributed by atoms with Gasteiger partial charge in [-0.2, -0.15) is 13.2 Å². The molecule has 0 aliphatic carbocycles. The zero-order valence-electron chi connectivity index (χ0n) is 17.1. The minimum absolute atomic E-state index is 0.0836. The molecule has 0 aliphatic rings. The van der Waals surface area contributed by atoms with E-state index in [1.807, 2.05) is 27.7 Å². The summed E-state index contributed by atoms with van der Waals surface area (Å²) in [4.78, 5) is 31.5. The zero-order valence-corrected chi connectivity index (χ0v) is 19.4. The Morgan fingerprint density at radius 2 is 2.00 bits per heavy atom. The van der Waals surface area contributed by atoms with Gasteiger partial charge in [0, 0.05) is 15.9 Å². The van der Waals surface area contributed by atoms with Gasteiger partial charge in [0.25, 0.3) is 5.56 Å². The van der Waals surface area contributed by atoms with Crippen molar-refractivity contribution in [3.05, 3.63) is 49.6 Å². The number of aromatic nitrogens is 2. The maximum Gasteiger partial charge on any atom is 0.418 e. The zero-order chi connectivity index (χ0) is 23.1. The Morgan fingerprint density at radius 1 is 1.32 bits per heavy atom. The lowest BCUT2D eigenvalue weighted by molar-refractivity contribution is -0.137. The van der Waals surface area contributed by atoms with Gasteiger partial charge in [-0.1, -0.05) is 23.4 Å². The van der Waals surface area contributed by atoms with Crippen molar-refractivity contribution in [3.8, 4) is 0 Å². The van der Waals surface area contributed by atoms with Crippen molar-refractivity contribution in [2.45, 2.75) is 45.1 Å². The number of carbonyl (C=O) groups excluding carboxylic acids is 1. The van der Waals surface area contributed by atoms with Gasteiger partial charge in [-0.3, -0.25) is 14.2 Å². The number of amides is 1. The largest absolute Gasteiger partial charge is 0.418 e. The van der Waals surface area contributed by atoms with Crippen LogP contribution in [0.5, 0.6) is 0 Å². The number of benzene rings is 1. The molecule has 0 spiro atoms. The van der Waals surface area contributed by atoms with E-state index in [9.17, 15) is 22.8 Å². The summed E-state index contributed by atoms with van der Waals surface area (Å²) in [5.41, 5.74) is -0.719. The van der Waals surface area contributed by atoms with Crippen LogP contribution in [0.15, 0.2) is 28.2 Å². The predicted molar refractivity (Wildman–Crippen MR) is 120 cm³/mol. The number of halogens is 4. The Morgan fingerprint density at radius 3 is 2.61 bits per heavy atom. The van der Waals surface area contributed by atoms with Crippen LogP contribution in [0.25, 0.3) is 10.2 Å². The van der Waals surface area contributed by atoms with Gasteiger partial charge >= 0.3 is 6.18 Å². The highest BCUT2D eigenvalue weighted by Crippen LogP contribution is 2.36. The highest BCUT2D eigenvalue weighted by molar-refractivity contribution is 7.99. The minimum atomic E-state index is -4.67. The lowest BCUT2D eigenvalue weighted by atomic mass is 10.1. The van der Waals surface area contributed by atoms with Crippen molar-refractivity contribution in [1.29, 1.82) is 0 Å². The fraction of sp³-hybridized carbons (Fsp3) is 0.350. The van der Waals surface area contributed by atoms with Gasteiger partial charge in [0.1, 0.15) is 4.83 Å². The van der Waals surface area contributed by atoms with Gasteiger partial charge < -0.3 is 5.32 Å². The summed E-state index contributed by atoms with van der Waals surface area (Å²) >= 11 is 8.06. The number of thiophene rings is 1. The van der Waals surface area contributed by atoms with Crippen LogP contribution in [-0.2, 0) is 11.0 Å². The molecule has 0 atom stereocenters. The molecule has 5 nitrogen and oxygen atoms in total. The first kappa shape index (κ1) is 23.6. The number of carbonyl (C=O) groups is 1. The van der Waals surface area contributed by atoms with Crippen LogP contribution in [0, 0.1) is 13.8 Å². The molecule has 2 aromatic heterocycles. The van der Waals surface area contributed by atoms with Crippen LogP contribution in [0.2, 0.25) is 5.02 Å². The summed E-state index contributed by atoms with van der Waals surface area (Å²) < 4.78 is 41.2. The highest BCUT2D eigenvalue weighted by Gasteiger charge is 2.34. The molecule has 1 aromatic carbocycles. The Kier molecular flexibility index (Phi) is 6.73. The number of nitrogens with zero attached hydrogens (tertiary/aromatic N) is 2. The van der Waals surface area contributed by atoms with Crippen LogP contribution in [0.3, 0.4) is 0 Å². The van der Waals surface area contributed by atoms with E-state index in [2.05, 4.69) is 10.3 Å². The van der Waals surface area contributed by atoms with Crippen LogP contribution < -0.4 is 10.9 Å². The molecule has 11 heteroatoms. The average molecular weight is 490 g/mol. The number of anilines is 1. The third kappa shape index (κ3) is 4.91. The van der Waals surface area contributed by atoms with E-state index in [0.29, 0.717) is 15.4 Å². The van der Waals surface area contributed by atoms with Crippen LogP contribution in [0.4, 0.5) is 18.9 Å². The summed E-state index contributed by atoms with van der Waals surface area (Å²) in [5.74, 6) is -0.866. The van der Waals surface area contributed by atoms with E-state index in [-0.39, 0.29) is 28.1 Å². The molecule has 0 bridgehead atoms. The summed E-state index contributed by atoms with van der Waals surface area (Å²) in [7, 11) is 0. The molecule has 0 radical (unpaired) electrons. The highest BCUT2D eigenvalue weighted by atomic mass is 35.5. The predicted octanol–water partition coefficient (Wildman–Crippen LogP) is 6.06. The van der Waals surface area contributed by atoms with Crippen molar-refractivity contribution in [2.75, 3.05) is 11.1 Å². The Labute approximate surface area is 189 Å². The molecule has 166 valence electrons. The lowest BCUT2D eigenvalue weighted by Gasteiger charge is -2.16. The molecule has 31 heavy (non-hydrogen) atoms. The van der Waals surface area contributed by atoms with Crippen molar-refractivity contribution >= 4 is 56.5 Å². The van der Waals surface area contributed by atoms with Gasteiger partial charge in [0.05, 0.1) is 22.4 Å². The summed E-state index contributed by atoms with van der Waals surface area (Å²) in [5, 5.41) is 3.09. The van der Waals surface area contributed by atoms with Crippen molar-refractivity contribution in [3.63, 3.8) is 0 Å². The van der Waals surface area contributed by atoms with Crippen molar-refractivity contribution in [2.24, 2.45) is 0 Å². The first-order valence-electron chi connectivity index (χ1n) is 9.21. The molecule has 0 saturated heterocycles. The maximum absolute atomic E-state index is 13.2. The molecular formula is C20H19ClF3N3O2S2. The van der Waals surface area contributed by atoms with Crippen LogP contribution in [-0.4, -0.2) is 21.2 Å². The number of thioether (sulfide) groups is 1. The number of hydrogen-bond donors (Lipinski definition) is 1. The molecule has 2 heterocycles. The SMILES string of the molecule is Cc1sc2nc(SCC(=O)Nc3ccc(Cl)cc3C(F)(F)F)n(C(C)C)c(=O)c2c1C. The number of alkyl halides is 3. The average Bonchev–Trinajstić information content (AvgIpc) is 2.94. The molecule has 0 fully saturated rings. The molecule has 1 N–H and O–H groups in total. The van der Waals surface area contributed by atoms with Gasteiger partial charge in [-0.25, -0.2) is 4.98 Å². The summed E-state index contributed by atoms with van der Waals surface area (Å²) in [6.07, 6.45) is -4.67. The molecule has 1 amide bonds. The first-order chi connectivity index (χ1) is 14.4. The van der Waals surface area contributed by atoms with E-state index in [1.165, 1.54) is 22.0 Å². The number of rotatable bonds is 5.